The Morgan fingerprint density at radius 3 is 2.87 bits per heavy atom. The van der Waals surface area contributed by atoms with Gasteiger partial charge in [-0.05, 0) is 39.9 Å². The largest absolute Gasteiger partial charge is 0.444 e. The number of carbonyl (C=O) groups is 1. The minimum atomic E-state index is -0.467. The van der Waals surface area contributed by atoms with E-state index in [1.165, 1.54) is 11.8 Å². The maximum Gasteiger partial charge on any atom is 0.410 e. The van der Waals surface area contributed by atoms with Crippen molar-refractivity contribution in [3.05, 3.63) is 11.2 Å². The molecule has 1 aliphatic heterocycles. The van der Waals surface area contributed by atoms with Gasteiger partial charge in [0.1, 0.15) is 15.8 Å². The highest BCUT2D eigenvalue weighted by Gasteiger charge is 2.32. The van der Waals surface area contributed by atoms with E-state index >= 15 is 0 Å². The third-order valence-corrected chi connectivity index (χ3v) is 5.06. The van der Waals surface area contributed by atoms with E-state index in [0.717, 1.165) is 30.2 Å². The summed E-state index contributed by atoms with van der Waals surface area (Å²) in [5, 5.41) is 1.95. The highest BCUT2D eigenvalue weighted by molar-refractivity contribution is 7.99. The van der Waals surface area contributed by atoms with Crippen molar-refractivity contribution in [3.8, 4) is 0 Å². The maximum atomic E-state index is 12.3. The van der Waals surface area contributed by atoms with Crippen LogP contribution in [0.2, 0.25) is 5.15 Å². The molecule has 0 aliphatic carbocycles. The molecule has 0 aromatic carbocycles. The number of aromatic nitrogens is 2. The summed E-state index contributed by atoms with van der Waals surface area (Å²) in [7, 11) is 0. The number of hydrogen-bond acceptors (Lipinski definition) is 6. The zero-order valence-corrected chi connectivity index (χ0v) is 16.2. The van der Waals surface area contributed by atoms with Gasteiger partial charge >= 0.3 is 6.09 Å². The van der Waals surface area contributed by atoms with Gasteiger partial charge in [0.05, 0.1) is 0 Å². The molecular weight excluding hydrogens is 354 g/mol. The molecule has 1 aromatic rings. The first-order valence-corrected chi connectivity index (χ1v) is 10.1. The van der Waals surface area contributed by atoms with Gasteiger partial charge < -0.3 is 9.64 Å². The predicted octanol–water partition coefficient (Wildman–Crippen LogP) is 4.34. The van der Waals surface area contributed by atoms with E-state index in [0.29, 0.717) is 10.3 Å². The van der Waals surface area contributed by atoms with Crippen molar-refractivity contribution in [1.82, 2.24) is 14.9 Å². The molecule has 128 valence electrons. The smallest absolute Gasteiger partial charge is 0.410 e. The van der Waals surface area contributed by atoms with E-state index in [1.54, 1.807) is 17.8 Å². The maximum absolute atomic E-state index is 12.3. The van der Waals surface area contributed by atoms with Crippen molar-refractivity contribution in [3.63, 3.8) is 0 Å². The third kappa shape index (κ3) is 5.72. The number of amides is 1. The van der Waals surface area contributed by atoms with Crippen molar-refractivity contribution >= 4 is 41.2 Å². The van der Waals surface area contributed by atoms with E-state index < -0.39 is 5.60 Å². The van der Waals surface area contributed by atoms with Gasteiger partial charge in [-0.25, -0.2) is 14.8 Å². The Hall–Kier alpha value is -0.660. The van der Waals surface area contributed by atoms with Crippen LogP contribution in [0.5, 0.6) is 0 Å². The zero-order chi connectivity index (χ0) is 17.0. The van der Waals surface area contributed by atoms with E-state index in [1.807, 2.05) is 31.9 Å². The predicted molar refractivity (Wildman–Crippen MR) is 95.5 cm³/mol. The molecule has 0 N–H and O–H groups in total. The van der Waals surface area contributed by atoms with Crippen LogP contribution in [0, 0.1) is 0 Å². The summed E-state index contributed by atoms with van der Waals surface area (Å²) >= 11 is 9.08. The van der Waals surface area contributed by atoms with Crippen molar-refractivity contribution < 1.29 is 9.53 Å². The van der Waals surface area contributed by atoms with Crippen LogP contribution in [-0.4, -0.2) is 51.2 Å². The summed E-state index contributed by atoms with van der Waals surface area (Å²) in [5.74, 6) is 0.778. The summed E-state index contributed by atoms with van der Waals surface area (Å²) in [6, 6.07) is 1.93. The SMILES string of the molecule is CSc1nc(Cl)cc(SC[C@@H]2CCCN2C(=O)OC(C)(C)C)n1. The molecule has 0 unspecified atom stereocenters. The molecular formula is C15H22ClN3O2S2. The lowest BCUT2D eigenvalue weighted by Crippen LogP contribution is -2.40. The second kappa shape index (κ2) is 7.94. The average molecular weight is 376 g/mol. The van der Waals surface area contributed by atoms with Crippen LogP contribution < -0.4 is 0 Å². The molecule has 0 saturated carbocycles. The van der Waals surface area contributed by atoms with Gasteiger partial charge in [0.2, 0.25) is 0 Å². The molecule has 2 rings (SSSR count). The van der Waals surface area contributed by atoms with Crippen LogP contribution in [0.15, 0.2) is 16.2 Å². The topological polar surface area (TPSA) is 55.3 Å². The number of thioether (sulfide) groups is 2. The van der Waals surface area contributed by atoms with Gasteiger partial charge in [0.15, 0.2) is 5.16 Å². The molecule has 1 aliphatic rings. The Morgan fingerprint density at radius 2 is 2.22 bits per heavy atom. The van der Waals surface area contributed by atoms with Crippen molar-refractivity contribution in [2.24, 2.45) is 0 Å². The number of hydrogen-bond donors (Lipinski definition) is 0. The fourth-order valence-electron chi connectivity index (χ4n) is 2.29. The molecule has 8 heteroatoms. The fourth-order valence-corrected chi connectivity index (χ4v) is 4.08. The van der Waals surface area contributed by atoms with Crippen LogP contribution in [0.25, 0.3) is 0 Å². The van der Waals surface area contributed by atoms with Gasteiger partial charge in [-0.3, -0.25) is 0 Å². The van der Waals surface area contributed by atoms with Gasteiger partial charge in [0, 0.05) is 24.4 Å². The van der Waals surface area contributed by atoms with Crippen LogP contribution in [-0.2, 0) is 4.74 Å². The highest BCUT2D eigenvalue weighted by atomic mass is 35.5. The lowest BCUT2D eigenvalue weighted by atomic mass is 10.2. The summed E-state index contributed by atoms with van der Waals surface area (Å²) < 4.78 is 5.49. The van der Waals surface area contributed by atoms with Crippen LogP contribution >= 0.6 is 35.1 Å². The minimum absolute atomic E-state index is 0.168. The van der Waals surface area contributed by atoms with Crippen molar-refractivity contribution in [2.45, 2.75) is 55.4 Å². The van der Waals surface area contributed by atoms with Crippen LogP contribution in [0.1, 0.15) is 33.6 Å². The Labute approximate surface area is 150 Å². The first kappa shape index (κ1) is 18.7. The molecule has 1 atom stereocenters. The standard InChI is InChI=1S/C15H22ClN3O2S2/c1-15(2,3)21-14(20)19-7-5-6-10(19)9-23-12-8-11(16)17-13(18-12)22-4/h8,10H,5-7,9H2,1-4H3/t10-/m0/s1. The lowest BCUT2D eigenvalue weighted by Gasteiger charge is -2.28. The Morgan fingerprint density at radius 1 is 1.48 bits per heavy atom. The molecule has 1 saturated heterocycles. The number of nitrogens with zero attached hydrogens (tertiary/aromatic N) is 3. The second-order valence-corrected chi connectivity index (χ2v) is 8.50. The highest BCUT2D eigenvalue weighted by Crippen LogP contribution is 2.28. The minimum Gasteiger partial charge on any atom is -0.444 e. The Balaban J connectivity index is 1.96. The fraction of sp³-hybridized carbons (Fsp3) is 0.667. The average Bonchev–Trinajstić information content (AvgIpc) is 2.91. The van der Waals surface area contributed by atoms with E-state index in [9.17, 15) is 4.79 Å². The quantitative estimate of drug-likeness (QED) is 0.443. The Bertz CT molecular complexity index is 566. The summed E-state index contributed by atoms with van der Waals surface area (Å²) in [5.41, 5.74) is -0.467. The first-order chi connectivity index (χ1) is 10.8. The zero-order valence-electron chi connectivity index (χ0n) is 13.8. The lowest BCUT2D eigenvalue weighted by molar-refractivity contribution is 0.0242. The Kier molecular flexibility index (Phi) is 6.45. The number of halogens is 1. The molecule has 0 radical (unpaired) electrons. The first-order valence-electron chi connectivity index (χ1n) is 7.49. The monoisotopic (exact) mass is 375 g/mol. The van der Waals surface area contributed by atoms with Crippen molar-refractivity contribution in [1.29, 1.82) is 0 Å². The van der Waals surface area contributed by atoms with Crippen LogP contribution in [0.3, 0.4) is 0 Å². The van der Waals surface area contributed by atoms with Crippen LogP contribution in [0.4, 0.5) is 4.79 Å². The number of likely N-dealkylation sites (tertiary alicyclic amines) is 1. The third-order valence-electron chi connectivity index (χ3n) is 3.26. The molecule has 0 bridgehead atoms. The molecule has 5 nitrogen and oxygen atoms in total. The molecule has 2 heterocycles. The van der Waals surface area contributed by atoms with Gasteiger partial charge in [-0.2, -0.15) is 0 Å². The number of carbonyl (C=O) groups excluding carboxylic acids is 1. The molecule has 0 spiro atoms. The second-order valence-electron chi connectivity index (χ2n) is 6.30. The number of rotatable bonds is 4. The molecule has 23 heavy (non-hydrogen) atoms. The summed E-state index contributed by atoms with van der Waals surface area (Å²) in [6.07, 6.45) is 3.68. The summed E-state index contributed by atoms with van der Waals surface area (Å²) in [6.45, 7) is 6.41. The summed E-state index contributed by atoms with van der Waals surface area (Å²) in [4.78, 5) is 22.7. The molecule has 1 aromatic heterocycles. The van der Waals surface area contributed by atoms with Crippen molar-refractivity contribution in [2.75, 3.05) is 18.6 Å². The molecule has 1 fully saturated rings. The number of ether oxygens (including phenoxy) is 1. The molecule has 1 amide bonds. The van der Waals surface area contributed by atoms with E-state index in [4.69, 9.17) is 16.3 Å². The normalized spacial score (nSPS) is 18.3. The van der Waals surface area contributed by atoms with E-state index in [2.05, 4.69) is 9.97 Å². The van der Waals surface area contributed by atoms with E-state index in [-0.39, 0.29) is 12.1 Å². The van der Waals surface area contributed by atoms with Gasteiger partial charge in [0.25, 0.3) is 0 Å². The van der Waals surface area contributed by atoms with Gasteiger partial charge in [-0.15, -0.1) is 11.8 Å². The van der Waals surface area contributed by atoms with Gasteiger partial charge in [-0.1, -0.05) is 23.4 Å².